The number of rotatable bonds is 2. The fraction of sp³-hybridized carbons (Fsp3) is 0.188. The molecule has 3 rings (SSSR count). The van der Waals surface area contributed by atoms with Crippen molar-refractivity contribution in [2.45, 2.75) is 18.7 Å². The van der Waals surface area contributed by atoms with E-state index in [1.165, 1.54) is 23.5 Å². The fourth-order valence-electron chi connectivity index (χ4n) is 2.53. The second kappa shape index (κ2) is 5.58. The van der Waals surface area contributed by atoms with Gasteiger partial charge >= 0.3 is 0 Å². The van der Waals surface area contributed by atoms with Gasteiger partial charge in [0, 0.05) is 7.05 Å². The van der Waals surface area contributed by atoms with Gasteiger partial charge in [-0.25, -0.2) is 4.39 Å². The molecule has 0 atom stereocenters. The van der Waals surface area contributed by atoms with Crippen LogP contribution in [0.2, 0.25) is 0 Å². The van der Waals surface area contributed by atoms with Crippen molar-refractivity contribution in [3.8, 4) is 0 Å². The normalized spacial score (nSPS) is 13.0. The van der Waals surface area contributed by atoms with Crippen molar-refractivity contribution in [2.24, 2.45) is 11.4 Å². The van der Waals surface area contributed by atoms with E-state index >= 15 is 0 Å². The summed E-state index contributed by atoms with van der Waals surface area (Å²) in [6.45, 7) is 3.98. The zero-order chi connectivity index (χ0) is 16.8. The van der Waals surface area contributed by atoms with Gasteiger partial charge in [0.05, 0.1) is 15.1 Å². The van der Waals surface area contributed by atoms with Crippen LogP contribution < -0.4 is 4.80 Å². The van der Waals surface area contributed by atoms with Gasteiger partial charge in [-0.05, 0) is 55.3 Å². The average molecular weight is 350 g/mol. The molecule has 0 radical (unpaired) electrons. The lowest BCUT2D eigenvalue weighted by Gasteiger charge is -2.02. The van der Waals surface area contributed by atoms with Gasteiger partial charge in [0.25, 0.3) is 10.0 Å². The Bertz CT molecular complexity index is 1060. The molecule has 0 N–H and O–H groups in total. The minimum atomic E-state index is -3.88. The van der Waals surface area contributed by atoms with E-state index in [-0.39, 0.29) is 4.90 Å². The molecule has 1 heterocycles. The average Bonchev–Trinajstić information content (AvgIpc) is 2.75. The Balaban J connectivity index is 2.23. The Labute approximate surface area is 137 Å². The molecule has 0 saturated heterocycles. The van der Waals surface area contributed by atoms with Crippen molar-refractivity contribution in [1.29, 1.82) is 0 Å². The van der Waals surface area contributed by atoms with E-state index in [1.807, 2.05) is 26.0 Å². The lowest BCUT2D eigenvalue weighted by atomic mass is 10.1. The summed E-state index contributed by atoms with van der Waals surface area (Å²) in [5.41, 5.74) is 3.15. The second-order valence-electron chi connectivity index (χ2n) is 5.39. The first kappa shape index (κ1) is 15.9. The number of benzene rings is 2. The number of thiazole rings is 1. The molecule has 2 aromatic carbocycles. The molecule has 0 amide bonds. The third-order valence-electron chi connectivity index (χ3n) is 3.54. The fourth-order valence-corrected chi connectivity index (χ4v) is 4.95. The van der Waals surface area contributed by atoms with Gasteiger partial charge in [-0.1, -0.05) is 17.4 Å². The van der Waals surface area contributed by atoms with Crippen molar-refractivity contribution in [1.82, 2.24) is 4.57 Å². The number of fused-ring (bicyclic) bond motifs is 1. The smallest absolute Gasteiger partial charge is 0.285 e. The van der Waals surface area contributed by atoms with Crippen LogP contribution in [0.3, 0.4) is 0 Å². The van der Waals surface area contributed by atoms with Gasteiger partial charge < -0.3 is 4.57 Å². The Hall–Kier alpha value is -1.99. The van der Waals surface area contributed by atoms with E-state index in [0.717, 1.165) is 33.5 Å². The second-order valence-corrected chi connectivity index (χ2v) is 8.01. The molecule has 0 saturated carbocycles. The molecule has 4 nitrogen and oxygen atoms in total. The number of aryl methyl sites for hydroxylation is 3. The van der Waals surface area contributed by atoms with Crippen LogP contribution in [0, 0.1) is 19.7 Å². The summed E-state index contributed by atoms with van der Waals surface area (Å²) in [6, 6.07) is 8.72. The number of nitrogens with zero attached hydrogens (tertiary/aromatic N) is 2. The number of halogens is 1. The summed E-state index contributed by atoms with van der Waals surface area (Å²) in [7, 11) is -2.08. The van der Waals surface area contributed by atoms with Crippen LogP contribution >= 0.6 is 11.3 Å². The quantitative estimate of drug-likeness (QED) is 0.712. The molecule has 23 heavy (non-hydrogen) atoms. The van der Waals surface area contributed by atoms with Gasteiger partial charge in [-0.15, -0.1) is 4.40 Å². The highest BCUT2D eigenvalue weighted by molar-refractivity contribution is 7.90. The van der Waals surface area contributed by atoms with Crippen LogP contribution in [0.5, 0.6) is 0 Å². The predicted molar refractivity (Wildman–Crippen MR) is 89.4 cm³/mol. The van der Waals surface area contributed by atoms with Crippen LogP contribution in [0.4, 0.5) is 4.39 Å². The van der Waals surface area contributed by atoms with E-state index < -0.39 is 15.8 Å². The molecule has 0 spiro atoms. The van der Waals surface area contributed by atoms with Crippen molar-refractivity contribution < 1.29 is 12.8 Å². The molecule has 7 heteroatoms. The number of hydrogen-bond donors (Lipinski definition) is 0. The zero-order valence-electron chi connectivity index (χ0n) is 12.9. The van der Waals surface area contributed by atoms with Crippen molar-refractivity contribution in [2.75, 3.05) is 0 Å². The number of aromatic nitrogens is 1. The Morgan fingerprint density at radius 2 is 1.78 bits per heavy atom. The highest BCUT2D eigenvalue weighted by atomic mass is 32.2. The number of sulfonamides is 1. The van der Waals surface area contributed by atoms with Crippen molar-refractivity contribution >= 4 is 31.6 Å². The molecule has 3 aromatic rings. The maximum atomic E-state index is 13.0. The largest absolute Gasteiger partial charge is 0.319 e. The summed E-state index contributed by atoms with van der Waals surface area (Å²) in [5.74, 6) is -0.484. The molecule has 120 valence electrons. The molecular formula is C16H15FN2O2S2. The SMILES string of the molecule is Cc1cc(C)c2c(c1)s/c(=N\S(=O)(=O)c1ccc(F)cc1)n2C. The van der Waals surface area contributed by atoms with E-state index in [0.29, 0.717) is 4.80 Å². The Morgan fingerprint density at radius 1 is 1.13 bits per heavy atom. The first-order chi connectivity index (χ1) is 10.8. The summed E-state index contributed by atoms with van der Waals surface area (Å²) >= 11 is 1.32. The molecule has 0 aliphatic carbocycles. The Kier molecular flexibility index (Phi) is 3.85. The van der Waals surface area contributed by atoms with Crippen molar-refractivity contribution in [3.63, 3.8) is 0 Å². The molecule has 0 aliphatic rings. The maximum Gasteiger partial charge on any atom is 0.285 e. The molecule has 0 bridgehead atoms. The maximum absolute atomic E-state index is 13.0. The minimum absolute atomic E-state index is 0.0238. The standard InChI is InChI=1S/C16H15FN2O2S2/c1-10-8-11(2)15-14(9-10)22-16(19(15)3)18-23(20,21)13-6-4-12(17)5-7-13/h4-9H,1-3H3/b18-16-. The van der Waals surface area contributed by atoms with Crippen LogP contribution in [0.15, 0.2) is 45.7 Å². The lowest BCUT2D eigenvalue weighted by Crippen LogP contribution is -2.14. The van der Waals surface area contributed by atoms with Crippen LogP contribution in [-0.4, -0.2) is 13.0 Å². The van der Waals surface area contributed by atoms with Crippen LogP contribution in [0.25, 0.3) is 10.2 Å². The third kappa shape index (κ3) is 2.94. The first-order valence-corrected chi connectivity index (χ1v) is 9.17. The summed E-state index contributed by atoms with van der Waals surface area (Å²) in [4.78, 5) is 0.363. The molecule has 0 fully saturated rings. The lowest BCUT2D eigenvalue weighted by molar-refractivity contribution is 0.595. The monoisotopic (exact) mass is 350 g/mol. The molecular weight excluding hydrogens is 335 g/mol. The summed E-state index contributed by atoms with van der Waals surface area (Å²) in [6.07, 6.45) is 0. The van der Waals surface area contributed by atoms with E-state index in [4.69, 9.17) is 0 Å². The highest BCUT2D eigenvalue weighted by Crippen LogP contribution is 2.23. The number of hydrogen-bond acceptors (Lipinski definition) is 3. The van der Waals surface area contributed by atoms with Gasteiger partial charge in [0.15, 0.2) is 0 Å². The first-order valence-electron chi connectivity index (χ1n) is 6.91. The topological polar surface area (TPSA) is 51.4 Å². The van der Waals surface area contributed by atoms with Gasteiger partial charge in [0.1, 0.15) is 5.82 Å². The van der Waals surface area contributed by atoms with Gasteiger partial charge in [0.2, 0.25) is 4.80 Å². The zero-order valence-corrected chi connectivity index (χ0v) is 14.5. The Morgan fingerprint density at radius 3 is 2.43 bits per heavy atom. The van der Waals surface area contributed by atoms with E-state index in [1.54, 1.807) is 11.6 Å². The summed E-state index contributed by atoms with van der Waals surface area (Å²) < 4.78 is 44.4. The van der Waals surface area contributed by atoms with Gasteiger partial charge in [-0.2, -0.15) is 8.42 Å². The van der Waals surface area contributed by atoms with Crippen molar-refractivity contribution in [3.05, 3.63) is 58.1 Å². The summed E-state index contributed by atoms with van der Waals surface area (Å²) in [5, 5.41) is 0. The van der Waals surface area contributed by atoms with Crippen LogP contribution in [0.1, 0.15) is 11.1 Å². The highest BCUT2D eigenvalue weighted by Gasteiger charge is 2.14. The predicted octanol–water partition coefficient (Wildman–Crippen LogP) is 3.29. The van der Waals surface area contributed by atoms with Gasteiger partial charge in [-0.3, -0.25) is 0 Å². The third-order valence-corrected chi connectivity index (χ3v) is 6.02. The molecule has 0 aliphatic heterocycles. The minimum Gasteiger partial charge on any atom is -0.319 e. The van der Waals surface area contributed by atoms with E-state index in [2.05, 4.69) is 4.40 Å². The molecule has 1 aromatic heterocycles. The molecule has 0 unspecified atom stereocenters. The van der Waals surface area contributed by atoms with Crippen LogP contribution in [-0.2, 0) is 17.1 Å². The van der Waals surface area contributed by atoms with E-state index in [9.17, 15) is 12.8 Å².